The highest BCUT2D eigenvalue weighted by atomic mass is 15.2. The van der Waals surface area contributed by atoms with Crippen molar-refractivity contribution in [3.8, 4) is 0 Å². The molecule has 0 saturated heterocycles. The molecule has 0 aliphatic carbocycles. The molecule has 0 fully saturated rings. The molecule has 0 N–H and O–H groups in total. The molecule has 0 aromatic heterocycles. The largest absolute Gasteiger partial charge is 0.312 e. The van der Waals surface area contributed by atoms with Gasteiger partial charge in [-0.25, -0.2) is 0 Å². The maximum Gasteiger partial charge on any atom is 0.248 e. The molecule has 0 amide bonds. The maximum atomic E-state index is 2.85. The van der Waals surface area contributed by atoms with E-state index in [1.165, 1.54) is 41.0 Å². The predicted octanol–water partition coefficient (Wildman–Crippen LogP) is 7.84. The van der Waals surface area contributed by atoms with Gasteiger partial charge >= 0.3 is 0 Å². The molecule has 264 valence electrons. The molecule has 1 nitrogen and oxygen atoms in total. The Bertz CT molecular complexity index is 2380. The highest BCUT2D eigenvalue weighted by molar-refractivity contribution is 7.04. The Morgan fingerprint density at radius 2 is 0.868 bits per heavy atom. The van der Waals surface area contributed by atoms with Gasteiger partial charge in [0.25, 0.3) is 0 Å². The zero-order valence-electron chi connectivity index (χ0n) is 33.9. The van der Waals surface area contributed by atoms with Gasteiger partial charge in [0.2, 0.25) is 13.4 Å². The molecule has 3 heteroatoms. The molecule has 11 rings (SSSR count). The Labute approximate surface area is 318 Å². The zero-order chi connectivity index (χ0) is 36.9. The lowest BCUT2D eigenvalue weighted by atomic mass is 9.21. The standard InChI is InChI=1S/C50H53B2N/c1-12-15-18-29-38-44-46-45-39(29)50(10,11)33-22-17-20-31-41(33)52(45)43-35(26-24-28(14-3)37(43)48(31,6)7)53(46)34-25-23-27(13-2)36-42(34)51(44)40-30(47(36,4)5)19-16-21-32(40)49(38,8)9/h16-17,19-26H,12-15,18H2,1-11H3. The van der Waals surface area contributed by atoms with Crippen LogP contribution in [0.5, 0.6) is 0 Å². The molecule has 6 aliphatic rings. The number of hydrogen-bond acceptors (Lipinski definition) is 1. The van der Waals surface area contributed by atoms with Crippen LogP contribution < -0.4 is 37.7 Å². The Kier molecular flexibility index (Phi) is 6.01. The van der Waals surface area contributed by atoms with Crippen LogP contribution in [-0.4, -0.2) is 13.4 Å². The van der Waals surface area contributed by atoms with Crippen molar-refractivity contribution in [3.63, 3.8) is 0 Å². The van der Waals surface area contributed by atoms with Crippen LogP contribution in [0, 0.1) is 0 Å². The molecule has 5 aromatic rings. The topological polar surface area (TPSA) is 3.24 Å². The van der Waals surface area contributed by atoms with E-state index in [1.807, 2.05) is 0 Å². The lowest BCUT2D eigenvalue weighted by molar-refractivity contribution is 0.589. The minimum Gasteiger partial charge on any atom is -0.312 e. The number of rotatable bonds is 5. The number of hydrogen-bond donors (Lipinski definition) is 0. The normalized spacial score (nSPS) is 19.3. The summed E-state index contributed by atoms with van der Waals surface area (Å²) in [6.45, 7) is 28.1. The fourth-order valence-electron chi connectivity index (χ4n) is 13.7. The van der Waals surface area contributed by atoms with Gasteiger partial charge in [-0.05, 0) is 121 Å². The van der Waals surface area contributed by atoms with E-state index in [0.717, 1.165) is 19.3 Å². The number of aryl methyl sites for hydroxylation is 2. The summed E-state index contributed by atoms with van der Waals surface area (Å²) in [5.74, 6) is 0. The van der Waals surface area contributed by atoms with Gasteiger partial charge in [0.15, 0.2) is 0 Å². The number of nitrogens with zero attached hydrogens (tertiary/aromatic N) is 1. The van der Waals surface area contributed by atoms with Gasteiger partial charge in [-0.3, -0.25) is 0 Å². The summed E-state index contributed by atoms with van der Waals surface area (Å²) < 4.78 is 0. The summed E-state index contributed by atoms with van der Waals surface area (Å²) in [5.41, 5.74) is 31.0. The van der Waals surface area contributed by atoms with Crippen molar-refractivity contribution in [3.05, 3.63) is 122 Å². The van der Waals surface area contributed by atoms with Crippen molar-refractivity contribution in [2.45, 2.75) is 130 Å². The van der Waals surface area contributed by atoms with Gasteiger partial charge in [-0.1, -0.05) is 142 Å². The first-order chi connectivity index (χ1) is 25.3. The van der Waals surface area contributed by atoms with E-state index < -0.39 is 0 Å². The molecule has 0 spiro atoms. The smallest absolute Gasteiger partial charge is 0.248 e. The number of unbranched alkanes of at least 4 members (excludes halogenated alkanes) is 1. The van der Waals surface area contributed by atoms with Gasteiger partial charge in [-0.15, -0.1) is 0 Å². The van der Waals surface area contributed by atoms with Crippen molar-refractivity contribution < 1.29 is 0 Å². The first kappa shape index (κ1) is 32.5. The van der Waals surface area contributed by atoms with E-state index in [-0.39, 0.29) is 35.1 Å². The third-order valence-corrected chi connectivity index (χ3v) is 15.7. The van der Waals surface area contributed by atoms with E-state index >= 15 is 0 Å². The molecule has 0 bridgehead atoms. The average molecular weight is 690 g/mol. The Hall–Kier alpha value is -3.97. The summed E-state index contributed by atoms with van der Waals surface area (Å²) >= 11 is 0. The van der Waals surface area contributed by atoms with E-state index in [0.29, 0.717) is 0 Å². The third kappa shape index (κ3) is 3.36. The van der Waals surface area contributed by atoms with Crippen LogP contribution in [0.3, 0.4) is 0 Å². The molecule has 0 radical (unpaired) electrons. The fourth-order valence-corrected chi connectivity index (χ4v) is 13.7. The molecule has 5 aromatic carbocycles. The first-order valence-corrected chi connectivity index (χ1v) is 20.9. The Morgan fingerprint density at radius 1 is 0.472 bits per heavy atom. The van der Waals surface area contributed by atoms with Crippen LogP contribution in [0.25, 0.3) is 0 Å². The van der Waals surface area contributed by atoms with Crippen LogP contribution in [-0.2, 0) is 40.9 Å². The second kappa shape index (κ2) is 9.82. The molecule has 0 unspecified atom stereocenters. The van der Waals surface area contributed by atoms with E-state index in [9.17, 15) is 0 Å². The Balaban J connectivity index is 1.43. The van der Waals surface area contributed by atoms with Gasteiger partial charge in [-0.2, -0.15) is 0 Å². The van der Waals surface area contributed by atoms with Crippen LogP contribution >= 0.6 is 0 Å². The summed E-state index contributed by atoms with van der Waals surface area (Å²) in [5, 5.41) is 0. The van der Waals surface area contributed by atoms with E-state index in [4.69, 9.17) is 0 Å². The summed E-state index contributed by atoms with van der Waals surface area (Å²) in [7, 11) is 0. The lowest BCUT2D eigenvalue weighted by Gasteiger charge is -2.58. The molecule has 0 atom stereocenters. The van der Waals surface area contributed by atoms with Crippen LogP contribution in [0.15, 0.2) is 60.7 Å². The highest BCUT2D eigenvalue weighted by Crippen LogP contribution is 2.55. The summed E-state index contributed by atoms with van der Waals surface area (Å²) in [6, 6.07) is 24.9. The van der Waals surface area contributed by atoms with Gasteiger partial charge < -0.3 is 4.90 Å². The van der Waals surface area contributed by atoms with Crippen molar-refractivity contribution in [2.75, 3.05) is 4.90 Å². The zero-order valence-corrected chi connectivity index (χ0v) is 33.9. The predicted molar refractivity (Wildman–Crippen MR) is 229 cm³/mol. The van der Waals surface area contributed by atoms with Gasteiger partial charge in [0.1, 0.15) is 0 Å². The molecule has 6 aliphatic heterocycles. The van der Waals surface area contributed by atoms with Crippen molar-refractivity contribution in [1.29, 1.82) is 0 Å². The summed E-state index contributed by atoms with van der Waals surface area (Å²) in [4.78, 5) is 2.85. The minimum atomic E-state index is -0.130. The molecular formula is C50H53B2N. The third-order valence-electron chi connectivity index (χ3n) is 15.7. The average Bonchev–Trinajstić information content (AvgIpc) is 3.13. The van der Waals surface area contributed by atoms with Gasteiger partial charge in [0.05, 0.1) is 0 Å². The first-order valence-electron chi connectivity index (χ1n) is 20.9. The number of benzene rings is 5. The van der Waals surface area contributed by atoms with Gasteiger partial charge in [0, 0.05) is 38.7 Å². The van der Waals surface area contributed by atoms with Crippen molar-refractivity contribution >= 4 is 63.3 Å². The number of anilines is 3. The monoisotopic (exact) mass is 689 g/mol. The molecule has 0 saturated carbocycles. The van der Waals surface area contributed by atoms with Crippen LogP contribution in [0.2, 0.25) is 0 Å². The van der Waals surface area contributed by atoms with Crippen LogP contribution in [0.4, 0.5) is 17.1 Å². The second-order valence-corrected chi connectivity index (χ2v) is 19.5. The SMILES string of the molecule is CCCCc1c2c3c4c5c1C(C)(C)c1cccc6c1B5c1c(ccc(CC)c1C6(C)C)N4c1ccc(CC)c4c1B3c1c(cccc1C2(C)C)C4(C)C. The van der Waals surface area contributed by atoms with Crippen molar-refractivity contribution in [2.24, 2.45) is 0 Å². The minimum absolute atomic E-state index is 0.0928. The summed E-state index contributed by atoms with van der Waals surface area (Å²) in [6.07, 6.45) is 5.66. The van der Waals surface area contributed by atoms with E-state index in [2.05, 4.69) is 142 Å². The second-order valence-electron chi connectivity index (χ2n) is 19.5. The Morgan fingerprint density at radius 3 is 1.25 bits per heavy atom. The molecule has 53 heavy (non-hydrogen) atoms. The number of fused-ring (bicyclic) bond motifs is 2. The highest BCUT2D eigenvalue weighted by Gasteiger charge is 2.60. The molecule has 6 heterocycles. The quantitative estimate of drug-likeness (QED) is 0.167. The lowest BCUT2D eigenvalue weighted by Crippen LogP contribution is -2.75. The van der Waals surface area contributed by atoms with Crippen LogP contribution in [0.1, 0.15) is 150 Å². The molecular weight excluding hydrogens is 636 g/mol. The maximum absolute atomic E-state index is 2.85. The van der Waals surface area contributed by atoms with E-state index in [1.54, 1.807) is 82.8 Å². The van der Waals surface area contributed by atoms with Crippen molar-refractivity contribution in [1.82, 2.24) is 0 Å². The fraction of sp³-hybridized carbons (Fsp3) is 0.400.